The van der Waals surface area contributed by atoms with Gasteiger partial charge in [0, 0.05) is 6.54 Å². The number of ether oxygens (including phenoxy) is 3. The Morgan fingerprint density at radius 3 is 2.62 bits per heavy atom. The molecular formula is C23H31NO5. The van der Waals surface area contributed by atoms with E-state index in [1.54, 1.807) is 12.1 Å². The number of unbranched alkanes of at least 4 members (excludes halogenated alkanes) is 1. The van der Waals surface area contributed by atoms with E-state index < -0.39 is 17.8 Å². The number of hydrogen-bond donors (Lipinski definition) is 1. The van der Waals surface area contributed by atoms with Gasteiger partial charge in [0.05, 0.1) is 0 Å². The lowest BCUT2D eigenvalue weighted by atomic mass is 9.96. The number of nitrogens with one attached hydrogen (secondary N) is 1. The first kappa shape index (κ1) is 24.1. The Hall–Kier alpha value is -2.94. The Morgan fingerprint density at radius 2 is 2.00 bits per heavy atom. The molecule has 0 bridgehead atoms. The van der Waals surface area contributed by atoms with E-state index in [0.717, 1.165) is 29.5 Å². The van der Waals surface area contributed by atoms with Crippen molar-refractivity contribution in [3.8, 4) is 18.1 Å². The summed E-state index contributed by atoms with van der Waals surface area (Å²) in [5.74, 6) is 2.59. The maximum Gasteiger partial charge on any atom is 0.514 e. The SMILES string of the molecule is C#CCOC(=O)Oc1ccc(C)c(/C(=C\CCC)CCNC(=O)OC(C)(C)C)c1. The van der Waals surface area contributed by atoms with Gasteiger partial charge in [-0.1, -0.05) is 31.4 Å². The molecule has 29 heavy (non-hydrogen) atoms. The van der Waals surface area contributed by atoms with E-state index in [1.165, 1.54) is 0 Å². The molecule has 0 heterocycles. The van der Waals surface area contributed by atoms with Gasteiger partial charge in [0.15, 0.2) is 6.61 Å². The number of allylic oxidation sites excluding steroid dienone is 1. The lowest BCUT2D eigenvalue weighted by Crippen LogP contribution is -2.33. The van der Waals surface area contributed by atoms with Crippen molar-refractivity contribution in [1.82, 2.24) is 5.32 Å². The van der Waals surface area contributed by atoms with Gasteiger partial charge in [0.2, 0.25) is 0 Å². The summed E-state index contributed by atoms with van der Waals surface area (Å²) in [6, 6.07) is 5.37. The van der Waals surface area contributed by atoms with Gasteiger partial charge < -0.3 is 19.5 Å². The molecule has 1 N–H and O–H groups in total. The van der Waals surface area contributed by atoms with Gasteiger partial charge in [0.25, 0.3) is 0 Å². The van der Waals surface area contributed by atoms with Gasteiger partial charge in [-0.15, -0.1) is 6.42 Å². The molecule has 0 saturated heterocycles. The molecule has 6 nitrogen and oxygen atoms in total. The van der Waals surface area contributed by atoms with Crippen molar-refractivity contribution in [2.24, 2.45) is 0 Å². The third-order valence-corrected chi connectivity index (χ3v) is 3.77. The lowest BCUT2D eigenvalue weighted by Gasteiger charge is -2.20. The number of rotatable bonds is 8. The van der Waals surface area contributed by atoms with E-state index in [0.29, 0.717) is 18.7 Å². The summed E-state index contributed by atoms with van der Waals surface area (Å²) in [5, 5.41) is 2.78. The molecule has 0 saturated carbocycles. The first-order valence-electron chi connectivity index (χ1n) is 9.71. The van der Waals surface area contributed by atoms with Crippen LogP contribution >= 0.6 is 0 Å². The van der Waals surface area contributed by atoms with Crippen molar-refractivity contribution in [2.75, 3.05) is 13.2 Å². The Labute approximate surface area is 173 Å². The summed E-state index contributed by atoms with van der Waals surface area (Å²) in [4.78, 5) is 23.5. The molecule has 1 amide bonds. The van der Waals surface area contributed by atoms with Crippen LogP contribution in [0.1, 0.15) is 58.1 Å². The maximum atomic E-state index is 11.9. The number of carbonyl (C=O) groups excluding carboxylic acids is 2. The van der Waals surface area contributed by atoms with Crippen LogP contribution in [0.2, 0.25) is 0 Å². The van der Waals surface area contributed by atoms with E-state index in [-0.39, 0.29) is 6.61 Å². The van der Waals surface area contributed by atoms with Crippen molar-refractivity contribution < 1.29 is 23.8 Å². The molecule has 0 aliphatic heterocycles. The fraction of sp³-hybridized carbons (Fsp3) is 0.478. The number of aryl methyl sites for hydroxylation is 1. The first-order chi connectivity index (χ1) is 13.7. The fourth-order valence-electron chi connectivity index (χ4n) is 2.52. The molecule has 0 fully saturated rings. The zero-order chi connectivity index (χ0) is 21.9. The normalized spacial score (nSPS) is 11.4. The number of amides is 1. The highest BCUT2D eigenvalue weighted by Gasteiger charge is 2.16. The van der Waals surface area contributed by atoms with Gasteiger partial charge in [-0.05, 0) is 69.4 Å². The average Bonchev–Trinajstić information content (AvgIpc) is 2.63. The van der Waals surface area contributed by atoms with Crippen LogP contribution in [0, 0.1) is 19.3 Å². The van der Waals surface area contributed by atoms with E-state index in [9.17, 15) is 9.59 Å². The molecule has 0 radical (unpaired) electrons. The number of benzene rings is 1. The highest BCUT2D eigenvalue weighted by atomic mass is 16.7. The van der Waals surface area contributed by atoms with Crippen molar-refractivity contribution in [1.29, 1.82) is 0 Å². The molecule has 0 unspecified atom stereocenters. The summed E-state index contributed by atoms with van der Waals surface area (Å²) in [6.07, 6.45) is 8.43. The molecule has 0 atom stereocenters. The number of alkyl carbamates (subject to hydrolysis) is 1. The second kappa shape index (κ2) is 11.8. The summed E-state index contributed by atoms with van der Waals surface area (Å²) >= 11 is 0. The predicted molar refractivity (Wildman–Crippen MR) is 114 cm³/mol. The third-order valence-electron chi connectivity index (χ3n) is 3.77. The summed E-state index contributed by atoms with van der Waals surface area (Å²) < 4.78 is 15.2. The molecule has 6 heteroatoms. The summed E-state index contributed by atoms with van der Waals surface area (Å²) in [7, 11) is 0. The van der Waals surface area contributed by atoms with E-state index in [2.05, 4.69) is 24.2 Å². The summed E-state index contributed by atoms with van der Waals surface area (Å²) in [5.41, 5.74) is 2.50. The average molecular weight is 402 g/mol. The molecule has 1 aromatic rings. The van der Waals surface area contributed by atoms with Crippen LogP contribution in [0.25, 0.3) is 5.57 Å². The van der Waals surface area contributed by atoms with Gasteiger partial charge in [-0.25, -0.2) is 9.59 Å². The smallest absolute Gasteiger partial charge is 0.444 e. The van der Waals surface area contributed by atoms with Gasteiger partial charge in [-0.3, -0.25) is 0 Å². The van der Waals surface area contributed by atoms with Crippen LogP contribution in [0.15, 0.2) is 24.3 Å². The molecule has 0 spiro atoms. The molecule has 1 aromatic carbocycles. The van der Waals surface area contributed by atoms with Crippen molar-refractivity contribution >= 4 is 17.8 Å². The lowest BCUT2D eigenvalue weighted by molar-refractivity contribution is 0.0529. The Balaban J connectivity index is 2.89. The largest absolute Gasteiger partial charge is 0.514 e. The molecule has 0 aliphatic carbocycles. The Kier molecular flexibility index (Phi) is 9.81. The van der Waals surface area contributed by atoms with E-state index in [4.69, 9.17) is 20.6 Å². The number of carbonyl (C=O) groups is 2. The Bertz CT molecular complexity index is 768. The number of hydrogen-bond acceptors (Lipinski definition) is 5. The van der Waals surface area contributed by atoms with Gasteiger partial charge in [0.1, 0.15) is 11.4 Å². The molecule has 0 aliphatic rings. The standard InChI is InChI=1S/C23H31NO5/c1-7-9-10-18(13-14-24-21(25)29-23(4,5)6)20-16-19(12-11-17(20)3)28-22(26)27-15-8-2/h2,10-12,16H,7,9,13-15H2,1,3-6H3,(H,24,25)/b18-10-. The van der Waals surface area contributed by atoms with Gasteiger partial charge >= 0.3 is 12.2 Å². The monoisotopic (exact) mass is 401 g/mol. The third kappa shape index (κ3) is 9.70. The highest BCUT2D eigenvalue weighted by molar-refractivity contribution is 5.72. The minimum absolute atomic E-state index is 0.143. The zero-order valence-electron chi connectivity index (χ0n) is 18.0. The first-order valence-corrected chi connectivity index (χ1v) is 9.71. The minimum atomic E-state index is -0.844. The minimum Gasteiger partial charge on any atom is -0.444 e. The molecule has 1 rings (SSSR count). The summed E-state index contributed by atoms with van der Waals surface area (Å²) in [6.45, 7) is 9.83. The highest BCUT2D eigenvalue weighted by Crippen LogP contribution is 2.27. The van der Waals surface area contributed by atoms with Crippen LogP contribution < -0.4 is 10.1 Å². The van der Waals surface area contributed by atoms with Crippen LogP contribution in [0.4, 0.5) is 9.59 Å². The van der Waals surface area contributed by atoms with E-state index in [1.807, 2.05) is 33.8 Å². The quantitative estimate of drug-likeness (QED) is 0.366. The predicted octanol–water partition coefficient (Wildman–Crippen LogP) is 5.24. The maximum absolute atomic E-state index is 11.9. The zero-order valence-corrected chi connectivity index (χ0v) is 18.0. The van der Waals surface area contributed by atoms with Crippen molar-refractivity contribution in [2.45, 2.75) is 59.5 Å². The van der Waals surface area contributed by atoms with Gasteiger partial charge in [-0.2, -0.15) is 0 Å². The van der Waals surface area contributed by atoms with E-state index >= 15 is 0 Å². The fourth-order valence-corrected chi connectivity index (χ4v) is 2.52. The van der Waals surface area contributed by atoms with Crippen LogP contribution in [-0.2, 0) is 9.47 Å². The topological polar surface area (TPSA) is 73.9 Å². The van der Waals surface area contributed by atoms with Crippen molar-refractivity contribution in [3.63, 3.8) is 0 Å². The van der Waals surface area contributed by atoms with Crippen LogP contribution in [-0.4, -0.2) is 31.0 Å². The molecule has 158 valence electrons. The number of terminal acetylenes is 1. The van der Waals surface area contributed by atoms with Crippen molar-refractivity contribution in [3.05, 3.63) is 35.4 Å². The second-order valence-corrected chi connectivity index (χ2v) is 7.52. The second-order valence-electron chi connectivity index (χ2n) is 7.52. The molecule has 0 aromatic heterocycles. The Morgan fingerprint density at radius 1 is 1.28 bits per heavy atom. The van der Waals surface area contributed by atoms with Crippen LogP contribution in [0.3, 0.4) is 0 Å². The van der Waals surface area contributed by atoms with Crippen LogP contribution in [0.5, 0.6) is 5.75 Å². The molecular weight excluding hydrogens is 370 g/mol.